The Hall–Kier alpha value is -2.38. The van der Waals surface area contributed by atoms with Crippen LogP contribution in [0.2, 0.25) is 5.02 Å². The van der Waals surface area contributed by atoms with Crippen LogP contribution in [0.25, 0.3) is 0 Å². The van der Waals surface area contributed by atoms with Crippen molar-refractivity contribution in [2.45, 2.75) is 12.0 Å². The number of piperazine rings is 1. The highest BCUT2D eigenvalue weighted by Gasteiger charge is 2.48. The molecular formula is C19H22ClN5O2. The Kier molecular flexibility index (Phi) is 4.44. The molecule has 27 heavy (non-hydrogen) atoms. The van der Waals surface area contributed by atoms with Gasteiger partial charge in [-0.05, 0) is 37.7 Å². The zero-order chi connectivity index (χ0) is 19.2. The molecule has 1 spiro atoms. The molecule has 142 valence electrons. The lowest BCUT2D eigenvalue weighted by molar-refractivity contribution is -0.123. The number of halogens is 1. The van der Waals surface area contributed by atoms with Crippen molar-refractivity contribution in [1.82, 2.24) is 19.6 Å². The summed E-state index contributed by atoms with van der Waals surface area (Å²) in [6.07, 6.45) is 4.39. The Morgan fingerprint density at radius 1 is 1.19 bits per heavy atom. The van der Waals surface area contributed by atoms with Crippen molar-refractivity contribution >= 4 is 29.1 Å². The number of rotatable bonds is 2. The fourth-order valence-electron chi connectivity index (χ4n) is 3.99. The Morgan fingerprint density at radius 2 is 1.93 bits per heavy atom. The summed E-state index contributed by atoms with van der Waals surface area (Å²) in [5.41, 5.74) is 1.19. The van der Waals surface area contributed by atoms with Gasteiger partial charge >= 0.3 is 0 Å². The van der Waals surface area contributed by atoms with Gasteiger partial charge in [0.05, 0.1) is 24.0 Å². The SMILES string of the molecule is CN1CC(=O)N(c2cnn(C)c2)C[C@]12CCN(C(=O)c1ccc(Cl)cc1)C2. The van der Waals surface area contributed by atoms with Crippen LogP contribution >= 0.6 is 11.6 Å². The predicted molar refractivity (Wildman–Crippen MR) is 103 cm³/mol. The molecular weight excluding hydrogens is 366 g/mol. The van der Waals surface area contributed by atoms with Crippen LogP contribution in [0.3, 0.4) is 0 Å². The van der Waals surface area contributed by atoms with Crippen LogP contribution < -0.4 is 4.90 Å². The van der Waals surface area contributed by atoms with Crippen molar-refractivity contribution in [3.05, 3.63) is 47.2 Å². The Labute approximate surface area is 163 Å². The Morgan fingerprint density at radius 3 is 2.59 bits per heavy atom. The van der Waals surface area contributed by atoms with Crippen LogP contribution in [0.4, 0.5) is 5.69 Å². The summed E-state index contributed by atoms with van der Waals surface area (Å²) in [5.74, 6) is 0.0559. The maximum Gasteiger partial charge on any atom is 0.253 e. The van der Waals surface area contributed by atoms with E-state index >= 15 is 0 Å². The fraction of sp³-hybridized carbons (Fsp3) is 0.421. The largest absolute Gasteiger partial charge is 0.337 e. The topological polar surface area (TPSA) is 61.7 Å². The number of likely N-dealkylation sites (tertiary alicyclic amines) is 1. The molecule has 4 rings (SSSR count). The smallest absolute Gasteiger partial charge is 0.253 e. The minimum atomic E-state index is -0.244. The lowest BCUT2D eigenvalue weighted by atomic mass is 9.93. The van der Waals surface area contributed by atoms with E-state index in [9.17, 15) is 9.59 Å². The number of benzene rings is 1. The number of anilines is 1. The summed E-state index contributed by atoms with van der Waals surface area (Å²) in [6, 6.07) is 6.98. The van der Waals surface area contributed by atoms with Gasteiger partial charge in [0, 0.05) is 43.5 Å². The van der Waals surface area contributed by atoms with Crippen LogP contribution in [0.15, 0.2) is 36.7 Å². The number of likely N-dealkylation sites (N-methyl/N-ethyl adjacent to an activating group) is 1. The average molecular weight is 388 g/mol. The van der Waals surface area contributed by atoms with Gasteiger partial charge in [-0.1, -0.05) is 11.6 Å². The quantitative estimate of drug-likeness (QED) is 0.786. The van der Waals surface area contributed by atoms with Crippen molar-refractivity contribution in [3.8, 4) is 0 Å². The molecule has 1 aromatic heterocycles. The van der Waals surface area contributed by atoms with E-state index in [1.54, 1.807) is 40.0 Å². The predicted octanol–water partition coefficient (Wildman–Crippen LogP) is 1.64. The van der Waals surface area contributed by atoms with E-state index in [-0.39, 0.29) is 17.4 Å². The molecule has 2 amide bonds. The van der Waals surface area contributed by atoms with Crippen LogP contribution in [0.1, 0.15) is 16.8 Å². The highest BCUT2D eigenvalue weighted by molar-refractivity contribution is 6.30. The van der Waals surface area contributed by atoms with Crippen molar-refractivity contribution in [3.63, 3.8) is 0 Å². The highest BCUT2D eigenvalue weighted by atomic mass is 35.5. The minimum absolute atomic E-state index is 0.00164. The van der Waals surface area contributed by atoms with Crippen LogP contribution in [-0.4, -0.2) is 70.2 Å². The molecule has 2 fully saturated rings. The van der Waals surface area contributed by atoms with E-state index in [0.29, 0.717) is 36.8 Å². The maximum atomic E-state index is 12.9. The third-order valence-corrected chi connectivity index (χ3v) is 5.90. The third kappa shape index (κ3) is 3.21. The van der Waals surface area contributed by atoms with E-state index in [2.05, 4.69) is 10.00 Å². The average Bonchev–Trinajstić information content (AvgIpc) is 3.26. The number of carbonyl (C=O) groups excluding carboxylic acids is 2. The van der Waals surface area contributed by atoms with Gasteiger partial charge in [0.25, 0.3) is 5.91 Å². The standard InChI is InChI=1S/C19H22ClN5O2/c1-22-11-17(26)25(16-9-21-23(2)10-16)13-19(22)7-8-24(12-19)18(27)14-3-5-15(20)6-4-14/h3-6,9-10H,7-8,11-13H2,1-2H3/t19-/m1/s1. The lowest BCUT2D eigenvalue weighted by Crippen LogP contribution is -2.64. The molecule has 0 radical (unpaired) electrons. The summed E-state index contributed by atoms with van der Waals surface area (Å²) < 4.78 is 1.69. The molecule has 1 aromatic carbocycles. The Bertz CT molecular complexity index is 880. The summed E-state index contributed by atoms with van der Waals surface area (Å²) in [6.45, 7) is 2.15. The molecule has 0 N–H and O–H groups in total. The molecule has 2 saturated heterocycles. The number of nitrogens with zero attached hydrogens (tertiary/aromatic N) is 5. The van der Waals surface area contributed by atoms with Gasteiger partial charge in [-0.3, -0.25) is 19.2 Å². The van der Waals surface area contributed by atoms with Gasteiger partial charge in [0.1, 0.15) is 0 Å². The Balaban J connectivity index is 1.55. The molecule has 1 atom stereocenters. The second-order valence-corrected chi connectivity index (χ2v) is 7.85. The maximum absolute atomic E-state index is 12.9. The first-order valence-corrected chi connectivity index (χ1v) is 9.31. The number of aryl methyl sites for hydroxylation is 1. The van der Waals surface area contributed by atoms with Gasteiger partial charge in [0.2, 0.25) is 5.91 Å². The normalized spacial score (nSPS) is 23.4. The van der Waals surface area contributed by atoms with Gasteiger partial charge in [-0.25, -0.2) is 0 Å². The molecule has 2 aliphatic rings. The zero-order valence-electron chi connectivity index (χ0n) is 15.4. The molecule has 2 aliphatic heterocycles. The number of aromatic nitrogens is 2. The first-order valence-electron chi connectivity index (χ1n) is 8.93. The highest BCUT2D eigenvalue weighted by Crippen LogP contribution is 2.34. The van der Waals surface area contributed by atoms with Gasteiger partial charge in [0.15, 0.2) is 0 Å². The first kappa shape index (κ1) is 18.0. The summed E-state index contributed by atoms with van der Waals surface area (Å²) in [4.78, 5) is 31.2. The molecule has 3 heterocycles. The van der Waals surface area contributed by atoms with Gasteiger partial charge in [-0.15, -0.1) is 0 Å². The molecule has 0 aliphatic carbocycles. The van der Waals surface area contributed by atoms with Crippen LogP contribution in [0, 0.1) is 0 Å². The van der Waals surface area contributed by atoms with Crippen molar-refractivity contribution in [2.24, 2.45) is 7.05 Å². The molecule has 7 nitrogen and oxygen atoms in total. The van der Waals surface area contributed by atoms with Crippen molar-refractivity contribution in [1.29, 1.82) is 0 Å². The fourth-order valence-corrected chi connectivity index (χ4v) is 4.11. The van der Waals surface area contributed by atoms with E-state index in [4.69, 9.17) is 11.6 Å². The van der Waals surface area contributed by atoms with E-state index < -0.39 is 0 Å². The summed E-state index contributed by atoms with van der Waals surface area (Å²) in [7, 11) is 3.80. The van der Waals surface area contributed by atoms with Crippen molar-refractivity contribution < 1.29 is 9.59 Å². The molecule has 0 bridgehead atoms. The van der Waals surface area contributed by atoms with Crippen molar-refractivity contribution in [2.75, 3.05) is 38.1 Å². The second kappa shape index (κ2) is 6.65. The number of hydrogen-bond acceptors (Lipinski definition) is 4. The number of hydrogen-bond donors (Lipinski definition) is 0. The van der Waals surface area contributed by atoms with Crippen LogP contribution in [0.5, 0.6) is 0 Å². The van der Waals surface area contributed by atoms with Gasteiger partial charge < -0.3 is 9.80 Å². The summed E-state index contributed by atoms with van der Waals surface area (Å²) in [5, 5.41) is 4.80. The van der Waals surface area contributed by atoms with E-state index in [1.807, 2.05) is 25.2 Å². The van der Waals surface area contributed by atoms with Crippen LogP contribution in [-0.2, 0) is 11.8 Å². The lowest BCUT2D eigenvalue weighted by Gasteiger charge is -2.46. The second-order valence-electron chi connectivity index (χ2n) is 7.42. The summed E-state index contributed by atoms with van der Waals surface area (Å²) >= 11 is 5.93. The monoisotopic (exact) mass is 387 g/mol. The zero-order valence-corrected chi connectivity index (χ0v) is 16.2. The number of amides is 2. The minimum Gasteiger partial charge on any atom is -0.337 e. The first-order chi connectivity index (χ1) is 12.9. The number of carbonyl (C=O) groups is 2. The van der Waals surface area contributed by atoms with E-state index in [1.165, 1.54) is 0 Å². The third-order valence-electron chi connectivity index (χ3n) is 5.65. The van der Waals surface area contributed by atoms with Gasteiger partial charge in [-0.2, -0.15) is 5.10 Å². The molecule has 0 saturated carbocycles. The van der Waals surface area contributed by atoms with E-state index in [0.717, 1.165) is 12.1 Å². The molecule has 2 aromatic rings. The molecule has 8 heteroatoms. The molecule has 0 unspecified atom stereocenters.